The summed E-state index contributed by atoms with van der Waals surface area (Å²) < 4.78 is 5.79. The molecule has 0 fully saturated rings. The van der Waals surface area contributed by atoms with Gasteiger partial charge in [-0.3, -0.25) is 9.78 Å². The zero-order valence-corrected chi connectivity index (χ0v) is 13.0. The topological polar surface area (TPSA) is 75.4 Å². The molecule has 2 N–H and O–H groups in total. The molecule has 22 heavy (non-hydrogen) atoms. The number of rotatable bonds is 2. The summed E-state index contributed by atoms with van der Waals surface area (Å²) in [5.41, 5.74) is 2.13. The maximum absolute atomic E-state index is 12.4. The normalized spacial score (nSPS) is 19.5. The third kappa shape index (κ3) is 2.64. The summed E-state index contributed by atoms with van der Waals surface area (Å²) >= 11 is 0. The number of aliphatic hydroxyl groups excluding tert-OH is 1. The fourth-order valence-electron chi connectivity index (χ4n) is 3.13. The highest BCUT2D eigenvalue weighted by molar-refractivity contribution is 6.03. The Balaban J connectivity index is 1.91. The minimum atomic E-state index is -0.579. The Bertz CT molecular complexity index is 704. The molecule has 0 saturated carbocycles. The molecule has 1 atom stereocenters. The molecule has 1 amide bonds. The standard InChI is InChI=1S/C17H20N2O3/c1-10-14-12(20)8-17(2,3)9-13(14)22-15(10)16(21)19-11-4-6-18-7-5-11/h4-7,12,20H,8-9H2,1-3H3,(H,18,19,21). The number of furan rings is 1. The fraction of sp³-hybridized carbons (Fsp3) is 0.412. The van der Waals surface area contributed by atoms with Crippen LogP contribution in [0.25, 0.3) is 0 Å². The van der Waals surface area contributed by atoms with E-state index in [1.54, 1.807) is 24.5 Å². The van der Waals surface area contributed by atoms with Gasteiger partial charge in [0.1, 0.15) is 5.76 Å². The maximum atomic E-state index is 12.4. The highest BCUT2D eigenvalue weighted by Gasteiger charge is 2.37. The number of carbonyl (C=O) groups excluding carboxylic acids is 1. The first kappa shape index (κ1) is 14.8. The average Bonchev–Trinajstić information content (AvgIpc) is 2.75. The van der Waals surface area contributed by atoms with Crippen LogP contribution >= 0.6 is 0 Å². The number of nitrogens with zero attached hydrogens (tertiary/aromatic N) is 1. The molecule has 0 aliphatic heterocycles. The Morgan fingerprint density at radius 2 is 2.09 bits per heavy atom. The SMILES string of the molecule is Cc1c(C(=O)Nc2ccncc2)oc2c1C(O)CC(C)(C)C2. The van der Waals surface area contributed by atoms with Crippen LogP contribution in [0.5, 0.6) is 0 Å². The number of nitrogens with one attached hydrogen (secondary N) is 1. The van der Waals surface area contributed by atoms with Crippen LogP contribution in [0.1, 0.15) is 53.8 Å². The first-order valence-corrected chi connectivity index (χ1v) is 7.39. The second-order valence-electron chi connectivity index (χ2n) is 6.64. The molecule has 5 heteroatoms. The lowest BCUT2D eigenvalue weighted by Crippen LogP contribution is -2.24. The van der Waals surface area contributed by atoms with Gasteiger partial charge in [-0.1, -0.05) is 13.8 Å². The van der Waals surface area contributed by atoms with Gasteiger partial charge >= 0.3 is 0 Å². The van der Waals surface area contributed by atoms with Gasteiger partial charge in [0.05, 0.1) is 6.10 Å². The monoisotopic (exact) mass is 300 g/mol. The van der Waals surface area contributed by atoms with Gasteiger partial charge < -0.3 is 14.8 Å². The molecule has 2 heterocycles. The lowest BCUT2D eigenvalue weighted by molar-refractivity contribution is 0.0910. The second kappa shape index (κ2) is 5.25. The van der Waals surface area contributed by atoms with Crippen LogP contribution in [0.15, 0.2) is 28.9 Å². The van der Waals surface area contributed by atoms with Crippen molar-refractivity contribution in [2.75, 3.05) is 5.32 Å². The molecule has 0 bridgehead atoms. The summed E-state index contributed by atoms with van der Waals surface area (Å²) in [6.45, 7) is 6.01. The summed E-state index contributed by atoms with van der Waals surface area (Å²) in [7, 11) is 0. The minimum Gasteiger partial charge on any atom is -0.455 e. The molecule has 3 rings (SSSR count). The van der Waals surface area contributed by atoms with Crippen LogP contribution in [-0.4, -0.2) is 16.0 Å². The first-order valence-electron chi connectivity index (χ1n) is 7.39. The number of fused-ring (bicyclic) bond motifs is 1. The molecule has 1 unspecified atom stereocenters. The molecule has 2 aromatic heterocycles. The molecule has 5 nitrogen and oxygen atoms in total. The van der Waals surface area contributed by atoms with Crippen molar-refractivity contribution in [3.63, 3.8) is 0 Å². The lowest BCUT2D eigenvalue weighted by atomic mass is 9.75. The number of amides is 1. The quantitative estimate of drug-likeness (QED) is 0.892. The number of aromatic nitrogens is 1. The Kier molecular flexibility index (Phi) is 3.53. The molecule has 1 aliphatic carbocycles. The third-order valence-electron chi connectivity index (χ3n) is 4.13. The Morgan fingerprint density at radius 3 is 2.77 bits per heavy atom. The maximum Gasteiger partial charge on any atom is 0.291 e. The highest BCUT2D eigenvalue weighted by Crippen LogP contribution is 2.43. The van der Waals surface area contributed by atoms with E-state index in [2.05, 4.69) is 24.1 Å². The number of hydrogen-bond donors (Lipinski definition) is 2. The van der Waals surface area contributed by atoms with Crippen LogP contribution in [0.4, 0.5) is 5.69 Å². The van der Waals surface area contributed by atoms with Crippen molar-refractivity contribution < 1.29 is 14.3 Å². The van der Waals surface area contributed by atoms with Crippen LogP contribution in [-0.2, 0) is 6.42 Å². The van der Waals surface area contributed by atoms with Crippen molar-refractivity contribution >= 4 is 11.6 Å². The highest BCUT2D eigenvalue weighted by atomic mass is 16.4. The summed E-state index contributed by atoms with van der Waals surface area (Å²) in [5.74, 6) is 0.697. The van der Waals surface area contributed by atoms with E-state index in [0.29, 0.717) is 12.1 Å². The third-order valence-corrected chi connectivity index (χ3v) is 4.13. The van der Waals surface area contributed by atoms with E-state index in [-0.39, 0.29) is 17.1 Å². The van der Waals surface area contributed by atoms with Gasteiger partial charge in [0, 0.05) is 35.6 Å². The van der Waals surface area contributed by atoms with Gasteiger partial charge in [-0.15, -0.1) is 0 Å². The van der Waals surface area contributed by atoms with Crippen LogP contribution in [0.2, 0.25) is 0 Å². The summed E-state index contributed by atoms with van der Waals surface area (Å²) in [6.07, 6.45) is 4.04. The molecular formula is C17H20N2O3. The van der Waals surface area contributed by atoms with Crippen molar-refractivity contribution in [2.45, 2.75) is 39.7 Å². The fourth-order valence-corrected chi connectivity index (χ4v) is 3.13. The summed E-state index contributed by atoms with van der Waals surface area (Å²) in [4.78, 5) is 16.3. The molecule has 1 aliphatic rings. The lowest BCUT2D eigenvalue weighted by Gasteiger charge is -2.31. The molecule has 116 valence electrons. The summed E-state index contributed by atoms with van der Waals surface area (Å²) in [6, 6.07) is 3.43. The van der Waals surface area contributed by atoms with E-state index in [1.165, 1.54) is 0 Å². The molecule has 2 aromatic rings. The van der Waals surface area contributed by atoms with Gasteiger partial charge in [-0.2, -0.15) is 0 Å². The number of anilines is 1. The molecular weight excluding hydrogens is 280 g/mol. The predicted molar refractivity (Wildman–Crippen MR) is 82.7 cm³/mol. The Hall–Kier alpha value is -2.14. The van der Waals surface area contributed by atoms with Crippen LogP contribution < -0.4 is 5.32 Å². The minimum absolute atomic E-state index is 0.0322. The predicted octanol–water partition coefficient (Wildman–Crippen LogP) is 3.24. The van der Waals surface area contributed by atoms with Crippen LogP contribution in [0.3, 0.4) is 0 Å². The van der Waals surface area contributed by atoms with Crippen molar-refractivity contribution in [3.8, 4) is 0 Å². The smallest absolute Gasteiger partial charge is 0.291 e. The second-order valence-corrected chi connectivity index (χ2v) is 6.64. The largest absolute Gasteiger partial charge is 0.455 e. The van der Waals surface area contributed by atoms with Crippen molar-refractivity contribution in [3.05, 3.63) is 47.2 Å². The van der Waals surface area contributed by atoms with Gasteiger partial charge in [-0.05, 0) is 30.9 Å². The first-order chi connectivity index (χ1) is 10.4. The van der Waals surface area contributed by atoms with Crippen molar-refractivity contribution in [1.29, 1.82) is 0 Å². The number of carbonyl (C=O) groups is 1. The molecule has 0 spiro atoms. The molecule has 0 radical (unpaired) electrons. The van der Waals surface area contributed by atoms with E-state index in [4.69, 9.17) is 4.42 Å². The van der Waals surface area contributed by atoms with Crippen molar-refractivity contribution in [2.24, 2.45) is 5.41 Å². The Morgan fingerprint density at radius 1 is 1.41 bits per heavy atom. The van der Waals surface area contributed by atoms with Gasteiger partial charge in [0.25, 0.3) is 5.91 Å². The van der Waals surface area contributed by atoms with E-state index < -0.39 is 6.10 Å². The Labute approximate surface area is 129 Å². The van der Waals surface area contributed by atoms with E-state index in [0.717, 1.165) is 23.3 Å². The number of aliphatic hydroxyl groups is 1. The zero-order valence-electron chi connectivity index (χ0n) is 13.0. The number of hydrogen-bond acceptors (Lipinski definition) is 4. The van der Waals surface area contributed by atoms with Gasteiger partial charge in [-0.25, -0.2) is 0 Å². The van der Waals surface area contributed by atoms with E-state index in [1.807, 2.05) is 6.92 Å². The number of pyridine rings is 1. The van der Waals surface area contributed by atoms with E-state index in [9.17, 15) is 9.90 Å². The molecule has 0 saturated heterocycles. The summed E-state index contributed by atoms with van der Waals surface area (Å²) in [5, 5.41) is 13.2. The molecule has 0 aromatic carbocycles. The van der Waals surface area contributed by atoms with Crippen molar-refractivity contribution in [1.82, 2.24) is 4.98 Å². The average molecular weight is 300 g/mol. The van der Waals surface area contributed by atoms with Gasteiger partial charge in [0.15, 0.2) is 5.76 Å². The van der Waals surface area contributed by atoms with E-state index >= 15 is 0 Å². The van der Waals surface area contributed by atoms with Crippen LogP contribution in [0, 0.1) is 12.3 Å². The zero-order chi connectivity index (χ0) is 15.9. The van der Waals surface area contributed by atoms with Gasteiger partial charge in [0.2, 0.25) is 0 Å².